The van der Waals surface area contributed by atoms with Crippen molar-refractivity contribution in [2.45, 2.75) is 125 Å². The summed E-state index contributed by atoms with van der Waals surface area (Å²) in [5.74, 6) is 0. The molecule has 342 valence electrons. The minimum atomic E-state index is -2.04. The van der Waals surface area contributed by atoms with E-state index in [1.165, 1.54) is 0 Å². The summed E-state index contributed by atoms with van der Waals surface area (Å²) in [4.78, 5) is 38.7. The van der Waals surface area contributed by atoms with Gasteiger partial charge in [-0.25, -0.2) is 14.4 Å². The Balaban J connectivity index is 1.63. The van der Waals surface area contributed by atoms with E-state index in [9.17, 15) is 60.3 Å². The molecule has 0 saturated carbocycles. The SMILES string of the molecule is CC(C)(C)OC(=O)NC(CO)[C@@H](O)[C@@H](O[C@@H]1OC(CO)[C@H](O[C@@H]2OC(CO)[C@H](O)[C@H](O)C2NC(=O)OCc2ccccc2)[C@H](O)C1NC(=O)OCc1ccccc1)C(O)CO. The van der Waals surface area contributed by atoms with E-state index in [2.05, 4.69) is 16.0 Å². The third-order valence-corrected chi connectivity index (χ3v) is 9.52. The molecular weight excluding hydrogens is 814 g/mol. The van der Waals surface area contributed by atoms with Crippen LogP contribution in [-0.2, 0) is 46.4 Å². The zero-order chi connectivity index (χ0) is 44.9. The highest BCUT2D eigenvalue weighted by atomic mass is 16.7. The van der Waals surface area contributed by atoms with Gasteiger partial charge in [-0.3, -0.25) is 0 Å². The first-order chi connectivity index (χ1) is 29.0. The summed E-state index contributed by atoms with van der Waals surface area (Å²) in [7, 11) is 0. The molecule has 0 spiro atoms. The first-order valence-electron chi connectivity index (χ1n) is 19.4. The highest BCUT2D eigenvalue weighted by Crippen LogP contribution is 2.31. The second-order valence-corrected chi connectivity index (χ2v) is 15.3. The Labute approximate surface area is 350 Å². The van der Waals surface area contributed by atoms with Crippen molar-refractivity contribution in [2.75, 3.05) is 26.4 Å². The molecule has 4 rings (SSSR count). The van der Waals surface area contributed by atoms with Gasteiger partial charge < -0.3 is 95.1 Å². The molecule has 2 aromatic carbocycles. The molecule has 61 heavy (non-hydrogen) atoms. The molecule has 14 atom stereocenters. The van der Waals surface area contributed by atoms with Gasteiger partial charge in [-0.05, 0) is 31.9 Å². The van der Waals surface area contributed by atoms with Crippen molar-refractivity contribution in [3.05, 3.63) is 71.8 Å². The normalized spacial score (nSPS) is 28.7. The predicted molar refractivity (Wildman–Crippen MR) is 206 cm³/mol. The Bertz CT molecular complexity index is 1640. The summed E-state index contributed by atoms with van der Waals surface area (Å²) < 4.78 is 39.3. The Morgan fingerprint density at radius 1 is 0.689 bits per heavy atom. The van der Waals surface area contributed by atoms with Gasteiger partial charge >= 0.3 is 18.3 Å². The number of nitrogens with one attached hydrogen (secondary N) is 3. The van der Waals surface area contributed by atoms with Crippen molar-refractivity contribution in [1.82, 2.24) is 16.0 Å². The zero-order valence-electron chi connectivity index (χ0n) is 33.7. The number of aliphatic hydroxyl groups excluding tert-OH is 9. The van der Waals surface area contributed by atoms with E-state index in [1.54, 1.807) is 81.4 Å². The molecule has 0 aromatic heterocycles. The summed E-state index contributed by atoms with van der Waals surface area (Å²) in [6.45, 7) is 0.404. The van der Waals surface area contributed by atoms with Gasteiger partial charge in [0.15, 0.2) is 12.6 Å². The molecule has 0 bridgehead atoms. The maximum Gasteiger partial charge on any atom is 0.408 e. The molecule has 3 amide bonds. The molecule has 0 aliphatic carbocycles. The lowest BCUT2D eigenvalue weighted by molar-refractivity contribution is -0.341. The smallest absolute Gasteiger partial charge is 0.408 e. The van der Waals surface area contributed by atoms with Crippen LogP contribution in [0.5, 0.6) is 0 Å². The summed E-state index contributed by atoms with van der Waals surface area (Å²) >= 11 is 0. The quantitative estimate of drug-likeness (QED) is 0.0687. The standard InChI is InChI=1S/C39H57N3O19/c1-39(2,3)61-38(54)40-22(14-43)28(48)32(23(47)15-44)59-35-27(42-37(53)56-19-21-12-8-5-9-13-21)31(51)33(25(17-46)58-35)60-34-26(30(50)29(49)24(16-45)57-34)41-36(52)55-18-20-10-6-4-7-11-20/h4-13,22-35,43-51H,14-19H2,1-3H3,(H,40,54)(H,41,52)(H,42,53)/t22?,23?,24?,25?,26?,27?,28-,29+,30-,31-,32+,33+,34+,35+/m1/s1. The summed E-state index contributed by atoms with van der Waals surface area (Å²) in [5.41, 5.74) is 0.197. The second-order valence-electron chi connectivity index (χ2n) is 15.3. The topological polar surface area (TPSA) is 334 Å². The monoisotopic (exact) mass is 871 g/mol. The lowest BCUT2D eigenvalue weighted by Crippen LogP contribution is -2.70. The van der Waals surface area contributed by atoms with Crippen LogP contribution in [0.3, 0.4) is 0 Å². The van der Waals surface area contributed by atoms with Crippen LogP contribution in [0.1, 0.15) is 31.9 Å². The summed E-state index contributed by atoms with van der Waals surface area (Å²) in [6.07, 6.45) is -23.7. The maximum atomic E-state index is 13.3. The number of rotatable bonds is 18. The van der Waals surface area contributed by atoms with Gasteiger partial charge in [-0.1, -0.05) is 60.7 Å². The molecule has 2 heterocycles. The van der Waals surface area contributed by atoms with Gasteiger partial charge in [-0.15, -0.1) is 0 Å². The van der Waals surface area contributed by atoms with E-state index in [1.807, 2.05) is 0 Å². The van der Waals surface area contributed by atoms with Crippen LogP contribution in [0.25, 0.3) is 0 Å². The number of alkyl carbamates (subject to hydrolysis) is 3. The van der Waals surface area contributed by atoms with Crippen molar-refractivity contribution in [2.24, 2.45) is 0 Å². The molecule has 2 fully saturated rings. The van der Waals surface area contributed by atoms with Crippen LogP contribution < -0.4 is 16.0 Å². The molecule has 22 heteroatoms. The molecule has 22 nitrogen and oxygen atoms in total. The molecule has 12 N–H and O–H groups in total. The fourth-order valence-electron chi connectivity index (χ4n) is 6.40. The number of benzene rings is 2. The average Bonchev–Trinajstić information content (AvgIpc) is 3.24. The second kappa shape index (κ2) is 23.3. The van der Waals surface area contributed by atoms with Crippen molar-refractivity contribution in [3.8, 4) is 0 Å². The molecule has 2 aromatic rings. The van der Waals surface area contributed by atoms with Gasteiger partial charge in [0.25, 0.3) is 0 Å². The van der Waals surface area contributed by atoms with E-state index < -0.39 is 136 Å². The van der Waals surface area contributed by atoms with Crippen LogP contribution in [0.4, 0.5) is 14.4 Å². The van der Waals surface area contributed by atoms with Crippen LogP contribution in [0.15, 0.2) is 60.7 Å². The molecule has 2 saturated heterocycles. The highest BCUT2D eigenvalue weighted by Gasteiger charge is 2.53. The van der Waals surface area contributed by atoms with E-state index in [0.29, 0.717) is 11.1 Å². The summed E-state index contributed by atoms with van der Waals surface area (Å²) in [6, 6.07) is 11.9. The Morgan fingerprint density at radius 3 is 1.67 bits per heavy atom. The maximum absolute atomic E-state index is 13.3. The van der Waals surface area contributed by atoms with Crippen LogP contribution in [0.2, 0.25) is 0 Å². The Kier molecular flexibility index (Phi) is 18.8. The Hall–Kier alpha value is -4.27. The average molecular weight is 872 g/mol. The number of hydrogen-bond acceptors (Lipinski definition) is 19. The van der Waals surface area contributed by atoms with Gasteiger partial charge in [0, 0.05) is 0 Å². The molecule has 2 aliphatic heterocycles. The van der Waals surface area contributed by atoms with Crippen LogP contribution >= 0.6 is 0 Å². The van der Waals surface area contributed by atoms with Crippen molar-refractivity contribution in [3.63, 3.8) is 0 Å². The number of aliphatic hydroxyl groups is 9. The van der Waals surface area contributed by atoms with Gasteiger partial charge in [0.2, 0.25) is 0 Å². The van der Waals surface area contributed by atoms with Gasteiger partial charge in [0.1, 0.15) is 85.8 Å². The molecular formula is C39H57N3O19. The fraction of sp³-hybridized carbons (Fsp3) is 0.615. The fourth-order valence-corrected chi connectivity index (χ4v) is 6.40. The van der Waals surface area contributed by atoms with E-state index >= 15 is 0 Å². The number of ether oxygens (including phenoxy) is 7. The number of carbonyl (C=O) groups is 3. The molecule has 6 unspecified atom stereocenters. The number of amides is 3. The zero-order valence-corrected chi connectivity index (χ0v) is 33.7. The third kappa shape index (κ3) is 14.1. The lowest BCUT2D eigenvalue weighted by atomic mass is 9.94. The minimum Gasteiger partial charge on any atom is -0.445 e. The number of hydrogen-bond donors (Lipinski definition) is 12. The van der Waals surface area contributed by atoms with Gasteiger partial charge in [0.05, 0.1) is 32.5 Å². The van der Waals surface area contributed by atoms with E-state index in [4.69, 9.17) is 33.2 Å². The predicted octanol–water partition coefficient (Wildman–Crippen LogP) is -2.54. The lowest BCUT2D eigenvalue weighted by Gasteiger charge is -2.48. The minimum absolute atomic E-state index is 0.197. The van der Waals surface area contributed by atoms with E-state index in [0.717, 1.165) is 0 Å². The first kappa shape index (κ1) is 49.4. The molecule has 2 aliphatic rings. The van der Waals surface area contributed by atoms with Crippen LogP contribution in [-0.4, -0.2) is 182 Å². The molecule has 0 radical (unpaired) electrons. The van der Waals surface area contributed by atoms with E-state index in [-0.39, 0.29) is 13.2 Å². The van der Waals surface area contributed by atoms with Crippen molar-refractivity contribution >= 4 is 18.3 Å². The first-order valence-corrected chi connectivity index (χ1v) is 19.4. The number of carbonyl (C=O) groups excluding carboxylic acids is 3. The highest BCUT2D eigenvalue weighted by molar-refractivity contribution is 5.69. The third-order valence-electron chi connectivity index (χ3n) is 9.52. The Morgan fingerprint density at radius 2 is 1.20 bits per heavy atom. The van der Waals surface area contributed by atoms with Crippen molar-refractivity contribution in [1.29, 1.82) is 0 Å². The summed E-state index contributed by atoms with van der Waals surface area (Å²) in [5, 5.41) is 103. The van der Waals surface area contributed by atoms with Crippen LogP contribution in [0, 0.1) is 0 Å². The van der Waals surface area contributed by atoms with Gasteiger partial charge in [-0.2, -0.15) is 0 Å². The van der Waals surface area contributed by atoms with Crippen molar-refractivity contribution < 1.29 is 93.5 Å². The largest absolute Gasteiger partial charge is 0.445 e.